The molecule has 0 radical (unpaired) electrons. The Balaban J connectivity index is 1.82. The summed E-state index contributed by atoms with van der Waals surface area (Å²) in [4.78, 5) is 21.7. The van der Waals surface area contributed by atoms with Crippen molar-refractivity contribution in [1.29, 1.82) is 0 Å². The maximum atomic E-state index is 4.63. The van der Waals surface area contributed by atoms with Crippen LogP contribution in [0.25, 0.3) is 34.0 Å². The minimum atomic E-state index is 0.303. The van der Waals surface area contributed by atoms with Crippen molar-refractivity contribution in [3.05, 3.63) is 79.0 Å². The molecule has 0 unspecified atom stereocenters. The van der Waals surface area contributed by atoms with Crippen molar-refractivity contribution in [2.45, 2.75) is 0 Å². The molecule has 0 atom stereocenters. The molecule has 0 fully saturated rings. The van der Waals surface area contributed by atoms with E-state index in [1.54, 1.807) is 6.20 Å². The molecule has 0 saturated carbocycles. The molecule has 4 aromatic rings. The summed E-state index contributed by atoms with van der Waals surface area (Å²) in [6, 6.07) is 23.5. The van der Waals surface area contributed by atoms with Gasteiger partial charge < -0.3 is 0 Å². The second-order valence-electron chi connectivity index (χ2n) is 5.60. The topological polar surface area (TPSA) is 63.9 Å². The monoisotopic (exact) mass is 337 g/mol. The fourth-order valence-electron chi connectivity index (χ4n) is 2.63. The van der Waals surface area contributed by atoms with Crippen molar-refractivity contribution in [3.63, 3.8) is 0 Å². The van der Waals surface area contributed by atoms with Gasteiger partial charge in [0.1, 0.15) is 0 Å². The van der Waals surface area contributed by atoms with Crippen molar-refractivity contribution < 1.29 is 0 Å². The average Bonchev–Trinajstić information content (AvgIpc) is 2.75. The van der Waals surface area contributed by atoms with Crippen molar-refractivity contribution in [2.75, 3.05) is 0 Å². The molecule has 0 aliphatic carbocycles. The van der Waals surface area contributed by atoms with Crippen LogP contribution in [0.3, 0.4) is 0 Å². The summed E-state index contributed by atoms with van der Waals surface area (Å²) in [5.41, 5.74) is 3.67. The van der Waals surface area contributed by atoms with Gasteiger partial charge >= 0.3 is 0 Å². The van der Waals surface area contributed by atoms with Gasteiger partial charge in [-0.2, -0.15) is 9.97 Å². The second-order valence-corrected chi connectivity index (χ2v) is 5.60. The van der Waals surface area contributed by atoms with Crippen LogP contribution in [0.15, 0.2) is 84.0 Å². The van der Waals surface area contributed by atoms with E-state index in [0.29, 0.717) is 17.6 Å². The summed E-state index contributed by atoms with van der Waals surface area (Å²) >= 11 is 0. The molecule has 4 rings (SSSR count). The molecule has 124 valence electrons. The molecule has 0 aliphatic rings. The number of hydrogen-bond donors (Lipinski definition) is 0. The zero-order valence-electron chi connectivity index (χ0n) is 13.9. The number of nitrogens with zero attached hydrogens (tertiary/aromatic N) is 5. The lowest BCUT2D eigenvalue weighted by Crippen LogP contribution is -1.97. The van der Waals surface area contributed by atoms with E-state index < -0.39 is 0 Å². The highest BCUT2D eigenvalue weighted by molar-refractivity contribution is 5.69. The van der Waals surface area contributed by atoms with Crippen LogP contribution in [0.2, 0.25) is 0 Å². The largest absolute Gasteiger partial charge is 0.256 e. The van der Waals surface area contributed by atoms with Gasteiger partial charge in [-0.25, -0.2) is 9.98 Å². The minimum absolute atomic E-state index is 0.303. The second kappa shape index (κ2) is 7.03. The summed E-state index contributed by atoms with van der Waals surface area (Å²) < 4.78 is 0. The van der Waals surface area contributed by atoms with Gasteiger partial charge in [-0.05, 0) is 24.9 Å². The molecule has 0 aliphatic heterocycles. The van der Waals surface area contributed by atoms with Crippen molar-refractivity contribution in [3.8, 4) is 34.0 Å². The third-order valence-electron chi connectivity index (χ3n) is 3.88. The van der Waals surface area contributed by atoms with Gasteiger partial charge in [0.2, 0.25) is 0 Å². The van der Waals surface area contributed by atoms with Gasteiger partial charge in [0.05, 0.1) is 5.69 Å². The van der Waals surface area contributed by atoms with Crippen molar-refractivity contribution in [2.24, 2.45) is 4.99 Å². The molecule has 0 bridgehead atoms. The zero-order chi connectivity index (χ0) is 17.8. The van der Waals surface area contributed by atoms with Crippen LogP contribution < -0.4 is 0 Å². The minimum Gasteiger partial charge on any atom is -0.256 e. The highest BCUT2D eigenvalue weighted by atomic mass is 15.1. The van der Waals surface area contributed by atoms with Gasteiger partial charge in [-0.15, -0.1) is 0 Å². The predicted molar refractivity (Wildman–Crippen MR) is 103 cm³/mol. The summed E-state index contributed by atoms with van der Waals surface area (Å²) in [5.74, 6) is 1.43. The number of hydrogen-bond acceptors (Lipinski definition) is 5. The number of aliphatic imine (C=N–C) groups is 1. The summed E-state index contributed by atoms with van der Waals surface area (Å²) in [7, 11) is 0. The van der Waals surface area contributed by atoms with Crippen LogP contribution in [-0.4, -0.2) is 26.7 Å². The molecule has 2 aromatic carbocycles. The van der Waals surface area contributed by atoms with Crippen LogP contribution in [-0.2, 0) is 0 Å². The molecule has 0 saturated heterocycles. The van der Waals surface area contributed by atoms with Gasteiger partial charge in [-0.3, -0.25) is 4.98 Å². The molecule has 0 N–H and O–H groups in total. The Morgan fingerprint density at radius 3 is 2.08 bits per heavy atom. The van der Waals surface area contributed by atoms with E-state index >= 15 is 0 Å². The highest BCUT2D eigenvalue weighted by Crippen LogP contribution is 2.26. The van der Waals surface area contributed by atoms with Crippen LogP contribution in [0.5, 0.6) is 0 Å². The van der Waals surface area contributed by atoms with Gasteiger partial charge in [0.25, 0.3) is 5.95 Å². The maximum Gasteiger partial charge on any atom is 0.252 e. The Labute approximate surface area is 151 Å². The Hall–Kier alpha value is -3.73. The lowest BCUT2D eigenvalue weighted by Gasteiger charge is -2.07. The SMILES string of the molecule is C=Nc1nc(-c2ccccc2)nc(-c2cccc(-c3ccccn3)c2)n1. The summed E-state index contributed by atoms with van der Waals surface area (Å²) in [6.45, 7) is 3.55. The zero-order valence-corrected chi connectivity index (χ0v) is 13.9. The summed E-state index contributed by atoms with van der Waals surface area (Å²) in [6.07, 6.45) is 1.78. The van der Waals surface area contributed by atoms with Crippen molar-refractivity contribution in [1.82, 2.24) is 19.9 Å². The number of rotatable bonds is 4. The lowest BCUT2D eigenvalue weighted by atomic mass is 10.1. The van der Waals surface area contributed by atoms with Gasteiger partial charge in [0.15, 0.2) is 11.6 Å². The molecule has 5 nitrogen and oxygen atoms in total. The number of aromatic nitrogens is 4. The lowest BCUT2D eigenvalue weighted by molar-refractivity contribution is 1.06. The fourth-order valence-corrected chi connectivity index (χ4v) is 2.63. The Morgan fingerprint density at radius 2 is 1.35 bits per heavy atom. The number of benzene rings is 2. The van der Waals surface area contributed by atoms with Crippen LogP contribution in [0.1, 0.15) is 0 Å². The Morgan fingerprint density at radius 1 is 0.654 bits per heavy atom. The van der Waals surface area contributed by atoms with Gasteiger partial charge in [0, 0.05) is 22.9 Å². The van der Waals surface area contributed by atoms with Crippen molar-refractivity contribution >= 4 is 12.7 Å². The van der Waals surface area contributed by atoms with E-state index in [1.807, 2.05) is 72.8 Å². The Bertz CT molecular complexity index is 1050. The van der Waals surface area contributed by atoms with E-state index in [-0.39, 0.29) is 0 Å². The quantitative estimate of drug-likeness (QED) is 0.511. The molecule has 26 heavy (non-hydrogen) atoms. The third-order valence-corrected chi connectivity index (χ3v) is 3.88. The highest BCUT2D eigenvalue weighted by Gasteiger charge is 2.10. The molecular weight excluding hydrogens is 322 g/mol. The first-order chi connectivity index (χ1) is 12.8. The molecule has 2 heterocycles. The van der Waals surface area contributed by atoms with Gasteiger partial charge in [-0.1, -0.05) is 54.6 Å². The predicted octanol–water partition coefficient (Wildman–Crippen LogP) is 4.60. The number of pyridine rings is 1. The van der Waals surface area contributed by atoms with E-state index in [4.69, 9.17) is 0 Å². The van der Waals surface area contributed by atoms with E-state index in [9.17, 15) is 0 Å². The molecule has 0 amide bonds. The molecule has 0 spiro atoms. The normalized spacial score (nSPS) is 10.5. The first-order valence-corrected chi connectivity index (χ1v) is 8.13. The third kappa shape index (κ3) is 3.23. The fraction of sp³-hybridized carbons (Fsp3) is 0. The maximum absolute atomic E-state index is 4.63. The van der Waals surface area contributed by atoms with Crippen LogP contribution >= 0.6 is 0 Å². The van der Waals surface area contributed by atoms with E-state index in [2.05, 4.69) is 31.6 Å². The van der Waals surface area contributed by atoms with E-state index in [0.717, 1.165) is 22.4 Å². The molecule has 2 aromatic heterocycles. The van der Waals surface area contributed by atoms with E-state index in [1.165, 1.54) is 0 Å². The average molecular weight is 337 g/mol. The molecular formula is C21H15N5. The molecule has 5 heteroatoms. The summed E-state index contributed by atoms with van der Waals surface area (Å²) in [5, 5.41) is 0. The van der Waals surface area contributed by atoms with Crippen LogP contribution in [0, 0.1) is 0 Å². The smallest absolute Gasteiger partial charge is 0.252 e. The standard InChI is InChI=1S/C21H15N5/c1-22-21-25-19(15-8-3-2-4-9-15)24-20(26-21)17-11-7-10-16(14-17)18-12-5-6-13-23-18/h2-14H,1H2. The first-order valence-electron chi connectivity index (χ1n) is 8.13. The van der Waals surface area contributed by atoms with Crippen LogP contribution in [0.4, 0.5) is 5.95 Å². The first kappa shape index (κ1) is 15.8. The Kier molecular flexibility index (Phi) is 4.26.